The van der Waals surface area contributed by atoms with E-state index >= 15 is 0 Å². The Balaban J connectivity index is 3.14. The Kier molecular flexibility index (Phi) is 14.5. The first kappa shape index (κ1) is 19.9. The van der Waals surface area contributed by atoms with Crippen molar-refractivity contribution >= 4 is 11.9 Å². The number of carbonyl (C=O) groups is 2. The largest absolute Gasteiger partial charge is 0.481 e. The van der Waals surface area contributed by atoms with Crippen LogP contribution in [0.25, 0.3) is 0 Å². The van der Waals surface area contributed by atoms with Crippen LogP contribution in [-0.2, 0) is 14.3 Å². The Bertz CT molecular complexity index is 269. The maximum Gasteiger partial charge on any atom is 0.305 e. The third kappa shape index (κ3) is 16.8. The Hall–Kier alpha value is -1.10. The first-order valence-corrected chi connectivity index (χ1v) is 8.14. The van der Waals surface area contributed by atoms with Crippen molar-refractivity contribution in [1.82, 2.24) is 5.32 Å². The summed E-state index contributed by atoms with van der Waals surface area (Å²) in [6, 6.07) is 0. The molecule has 0 atom stereocenters. The third-order valence-electron chi connectivity index (χ3n) is 3.41. The molecule has 5 heteroatoms. The lowest BCUT2D eigenvalue weighted by atomic mass is 10.1. The maximum atomic E-state index is 11.4. The standard InChI is InChI=1S/C16H31NO4/c1-21-14-10-8-6-4-2-3-5-7-9-11-15(18)17-13-12-16(19)20/h2-14H2,1H3,(H,17,18)(H,19,20). The molecule has 5 nitrogen and oxygen atoms in total. The number of carboxylic acids is 1. The highest BCUT2D eigenvalue weighted by molar-refractivity contribution is 5.76. The molecule has 0 fully saturated rings. The van der Waals surface area contributed by atoms with Crippen LogP contribution < -0.4 is 5.32 Å². The molecular weight excluding hydrogens is 270 g/mol. The van der Waals surface area contributed by atoms with Gasteiger partial charge in [0.25, 0.3) is 0 Å². The van der Waals surface area contributed by atoms with Crippen molar-refractivity contribution in [3.05, 3.63) is 0 Å². The molecule has 0 saturated heterocycles. The van der Waals surface area contributed by atoms with Crippen LogP contribution in [-0.4, -0.2) is 37.2 Å². The molecule has 2 N–H and O–H groups in total. The number of methoxy groups -OCH3 is 1. The second kappa shape index (κ2) is 15.3. The topological polar surface area (TPSA) is 75.6 Å². The lowest BCUT2D eigenvalue weighted by Gasteiger charge is -2.04. The minimum absolute atomic E-state index is 0.00385. The van der Waals surface area contributed by atoms with Gasteiger partial charge in [0, 0.05) is 26.7 Å². The molecule has 0 aromatic heterocycles. The molecule has 0 radical (unpaired) electrons. The minimum Gasteiger partial charge on any atom is -0.481 e. The van der Waals surface area contributed by atoms with E-state index in [-0.39, 0.29) is 18.9 Å². The van der Waals surface area contributed by atoms with Gasteiger partial charge in [0.15, 0.2) is 0 Å². The number of amides is 1. The quantitative estimate of drug-likeness (QED) is 0.456. The first-order chi connectivity index (χ1) is 10.2. The summed E-state index contributed by atoms with van der Waals surface area (Å²) in [4.78, 5) is 21.7. The van der Waals surface area contributed by atoms with Crippen molar-refractivity contribution in [2.24, 2.45) is 0 Å². The summed E-state index contributed by atoms with van der Waals surface area (Å²) in [5.41, 5.74) is 0. The van der Waals surface area contributed by atoms with Crippen molar-refractivity contribution < 1.29 is 19.4 Å². The number of unbranched alkanes of at least 4 members (excludes halogenated alkanes) is 8. The van der Waals surface area contributed by atoms with Gasteiger partial charge < -0.3 is 15.2 Å². The van der Waals surface area contributed by atoms with E-state index in [1.54, 1.807) is 7.11 Å². The van der Waals surface area contributed by atoms with Gasteiger partial charge in [-0.05, 0) is 12.8 Å². The van der Waals surface area contributed by atoms with E-state index in [2.05, 4.69) is 5.32 Å². The molecule has 124 valence electrons. The van der Waals surface area contributed by atoms with Gasteiger partial charge in [-0.1, -0.05) is 44.9 Å². The molecule has 21 heavy (non-hydrogen) atoms. The van der Waals surface area contributed by atoms with Crippen molar-refractivity contribution in [2.75, 3.05) is 20.3 Å². The van der Waals surface area contributed by atoms with Crippen LogP contribution in [0.2, 0.25) is 0 Å². The molecule has 1 amide bonds. The Morgan fingerprint density at radius 1 is 0.857 bits per heavy atom. The molecule has 0 unspecified atom stereocenters. The second-order valence-corrected chi connectivity index (χ2v) is 5.42. The van der Waals surface area contributed by atoms with Crippen LogP contribution in [0, 0.1) is 0 Å². The van der Waals surface area contributed by atoms with Crippen LogP contribution in [0.4, 0.5) is 0 Å². The zero-order valence-electron chi connectivity index (χ0n) is 13.4. The molecule has 0 saturated carbocycles. The highest BCUT2D eigenvalue weighted by Gasteiger charge is 2.02. The van der Waals surface area contributed by atoms with Gasteiger partial charge in [-0.3, -0.25) is 9.59 Å². The number of ether oxygens (including phenoxy) is 1. The van der Waals surface area contributed by atoms with Gasteiger partial charge in [0.1, 0.15) is 0 Å². The molecule has 0 heterocycles. The number of carbonyl (C=O) groups excluding carboxylic acids is 1. The van der Waals surface area contributed by atoms with E-state index in [9.17, 15) is 9.59 Å². The van der Waals surface area contributed by atoms with Gasteiger partial charge in [0.2, 0.25) is 5.91 Å². The molecule has 0 aromatic rings. The van der Waals surface area contributed by atoms with Crippen molar-refractivity contribution in [3.63, 3.8) is 0 Å². The number of hydrogen-bond acceptors (Lipinski definition) is 3. The first-order valence-electron chi connectivity index (χ1n) is 8.14. The van der Waals surface area contributed by atoms with Crippen LogP contribution in [0.15, 0.2) is 0 Å². The summed E-state index contributed by atoms with van der Waals surface area (Å²) in [6.45, 7) is 1.10. The SMILES string of the molecule is COCCCCCCCCCCCC(=O)NCCC(=O)O. The predicted octanol–water partition coefficient (Wildman–Crippen LogP) is 3.12. The van der Waals surface area contributed by atoms with E-state index in [1.165, 1.54) is 38.5 Å². The van der Waals surface area contributed by atoms with Crippen LogP contribution >= 0.6 is 0 Å². The fraction of sp³-hybridized carbons (Fsp3) is 0.875. The van der Waals surface area contributed by atoms with E-state index in [0.717, 1.165) is 25.9 Å². The average molecular weight is 301 g/mol. The summed E-state index contributed by atoms with van der Waals surface area (Å²) in [7, 11) is 1.74. The number of carboxylic acid groups (broad SMARTS) is 1. The normalized spacial score (nSPS) is 10.5. The molecule has 0 bridgehead atoms. The number of nitrogens with one attached hydrogen (secondary N) is 1. The Morgan fingerprint density at radius 2 is 1.38 bits per heavy atom. The van der Waals surface area contributed by atoms with E-state index < -0.39 is 5.97 Å². The maximum absolute atomic E-state index is 11.4. The third-order valence-corrected chi connectivity index (χ3v) is 3.41. The molecule has 0 aliphatic rings. The van der Waals surface area contributed by atoms with Gasteiger partial charge in [-0.15, -0.1) is 0 Å². The van der Waals surface area contributed by atoms with Gasteiger partial charge in [-0.25, -0.2) is 0 Å². The molecule has 0 rings (SSSR count). The Labute approximate surface area is 128 Å². The van der Waals surface area contributed by atoms with Crippen molar-refractivity contribution in [3.8, 4) is 0 Å². The van der Waals surface area contributed by atoms with Crippen molar-refractivity contribution in [1.29, 1.82) is 0 Å². The zero-order valence-corrected chi connectivity index (χ0v) is 13.4. The Morgan fingerprint density at radius 3 is 1.90 bits per heavy atom. The van der Waals surface area contributed by atoms with Gasteiger partial charge in [0.05, 0.1) is 6.42 Å². The van der Waals surface area contributed by atoms with E-state index in [0.29, 0.717) is 6.42 Å². The smallest absolute Gasteiger partial charge is 0.305 e. The average Bonchev–Trinajstić information content (AvgIpc) is 2.44. The van der Waals surface area contributed by atoms with Crippen LogP contribution in [0.1, 0.15) is 70.6 Å². The molecule has 0 aromatic carbocycles. The number of rotatable bonds is 15. The van der Waals surface area contributed by atoms with Crippen molar-refractivity contribution in [2.45, 2.75) is 70.6 Å². The fourth-order valence-electron chi connectivity index (χ4n) is 2.17. The van der Waals surface area contributed by atoms with Gasteiger partial charge >= 0.3 is 5.97 Å². The molecule has 0 spiro atoms. The predicted molar refractivity (Wildman–Crippen MR) is 83.3 cm³/mol. The van der Waals surface area contributed by atoms with E-state index in [4.69, 9.17) is 9.84 Å². The lowest BCUT2D eigenvalue weighted by Crippen LogP contribution is -2.25. The zero-order chi connectivity index (χ0) is 15.8. The van der Waals surface area contributed by atoms with Crippen LogP contribution in [0.3, 0.4) is 0 Å². The van der Waals surface area contributed by atoms with Gasteiger partial charge in [-0.2, -0.15) is 0 Å². The molecular formula is C16H31NO4. The number of hydrogen-bond donors (Lipinski definition) is 2. The lowest BCUT2D eigenvalue weighted by molar-refractivity contribution is -0.136. The highest BCUT2D eigenvalue weighted by atomic mass is 16.5. The fourth-order valence-corrected chi connectivity index (χ4v) is 2.17. The van der Waals surface area contributed by atoms with E-state index in [1.807, 2.05) is 0 Å². The summed E-state index contributed by atoms with van der Waals surface area (Å²) < 4.78 is 5.01. The summed E-state index contributed by atoms with van der Waals surface area (Å²) >= 11 is 0. The summed E-state index contributed by atoms with van der Waals surface area (Å²) in [5.74, 6) is -0.910. The second-order valence-electron chi connectivity index (χ2n) is 5.42. The number of aliphatic carboxylic acids is 1. The monoisotopic (exact) mass is 301 g/mol. The minimum atomic E-state index is -0.877. The highest BCUT2D eigenvalue weighted by Crippen LogP contribution is 2.10. The summed E-state index contributed by atoms with van der Waals surface area (Å²) in [5, 5.41) is 11.1. The molecule has 0 aliphatic carbocycles. The van der Waals surface area contributed by atoms with Crippen LogP contribution in [0.5, 0.6) is 0 Å². The summed E-state index contributed by atoms with van der Waals surface area (Å²) in [6.07, 6.45) is 11.2. The molecule has 0 aliphatic heterocycles.